The lowest BCUT2D eigenvalue weighted by molar-refractivity contribution is -0.150. The molecular weight excluding hydrogens is 196 g/mol. The van der Waals surface area contributed by atoms with Gasteiger partial charge in [-0.2, -0.15) is 0 Å². The molecule has 0 saturated heterocycles. The van der Waals surface area contributed by atoms with Crippen molar-refractivity contribution in [1.29, 1.82) is 0 Å². The third-order valence-corrected chi connectivity index (χ3v) is 1.88. The Morgan fingerprint density at radius 2 is 1.60 bits per heavy atom. The molecule has 0 aromatic carbocycles. The smallest absolute Gasteiger partial charge is 0.306 e. The van der Waals surface area contributed by atoms with Crippen LogP contribution in [0.1, 0.15) is 40.5 Å². The maximum absolute atomic E-state index is 11.4. The highest BCUT2D eigenvalue weighted by molar-refractivity contribution is 5.87. The summed E-state index contributed by atoms with van der Waals surface area (Å²) in [6, 6.07) is 0. The van der Waals surface area contributed by atoms with E-state index in [1.54, 1.807) is 20.8 Å². The Morgan fingerprint density at radius 1 is 1.07 bits per heavy atom. The van der Waals surface area contributed by atoms with E-state index in [0.29, 0.717) is 0 Å². The Bertz CT molecular complexity index is 260. The lowest BCUT2D eigenvalue weighted by Gasteiger charge is -2.15. The molecule has 86 valence electrons. The molecule has 0 aliphatic rings. The summed E-state index contributed by atoms with van der Waals surface area (Å²) in [7, 11) is 0. The van der Waals surface area contributed by atoms with E-state index < -0.39 is 11.4 Å². The molecule has 0 saturated carbocycles. The van der Waals surface area contributed by atoms with Crippen LogP contribution >= 0.6 is 0 Å². The number of carbonyl (C=O) groups is 3. The van der Waals surface area contributed by atoms with Gasteiger partial charge < -0.3 is 9.53 Å². The van der Waals surface area contributed by atoms with Gasteiger partial charge in [0.2, 0.25) is 0 Å². The monoisotopic (exact) mass is 214 g/mol. The van der Waals surface area contributed by atoms with Crippen molar-refractivity contribution < 1.29 is 19.1 Å². The molecule has 0 N–H and O–H groups in total. The van der Waals surface area contributed by atoms with Gasteiger partial charge in [-0.05, 0) is 6.92 Å². The maximum atomic E-state index is 11.4. The molecule has 0 aliphatic carbocycles. The van der Waals surface area contributed by atoms with Crippen molar-refractivity contribution in [3.63, 3.8) is 0 Å². The van der Waals surface area contributed by atoms with Crippen molar-refractivity contribution in [1.82, 2.24) is 0 Å². The van der Waals surface area contributed by atoms with Gasteiger partial charge in [-0.25, -0.2) is 0 Å². The van der Waals surface area contributed by atoms with Gasteiger partial charge >= 0.3 is 5.97 Å². The van der Waals surface area contributed by atoms with Crippen molar-refractivity contribution in [2.75, 3.05) is 6.61 Å². The standard InChI is InChI=1S/C11H18O4/c1-8(12)5-6-10(14)15-7-9(13)11(2,3)4/h5-7H2,1-4H3. The van der Waals surface area contributed by atoms with E-state index in [-0.39, 0.29) is 31.0 Å². The summed E-state index contributed by atoms with van der Waals surface area (Å²) in [6.45, 7) is 6.49. The maximum Gasteiger partial charge on any atom is 0.306 e. The quantitative estimate of drug-likeness (QED) is 0.651. The molecule has 0 fully saturated rings. The zero-order valence-corrected chi connectivity index (χ0v) is 9.75. The van der Waals surface area contributed by atoms with Gasteiger partial charge in [0, 0.05) is 11.8 Å². The number of hydrogen-bond donors (Lipinski definition) is 0. The molecule has 0 unspecified atom stereocenters. The first-order valence-electron chi connectivity index (χ1n) is 4.92. The van der Waals surface area contributed by atoms with Crippen LogP contribution in [-0.2, 0) is 19.1 Å². The summed E-state index contributed by atoms with van der Waals surface area (Å²) in [6.07, 6.45) is 0.218. The minimum Gasteiger partial charge on any atom is -0.458 e. The van der Waals surface area contributed by atoms with Crippen molar-refractivity contribution >= 4 is 17.5 Å². The fraction of sp³-hybridized carbons (Fsp3) is 0.727. The number of hydrogen-bond acceptors (Lipinski definition) is 4. The lowest BCUT2D eigenvalue weighted by atomic mass is 9.91. The third-order valence-electron chi connectivity index (χ3n) is 1.88. The third kappa shape index (κ3) is 6.82. The van der Waals surface area contributed by atoms with Crippen LogP contribution < -0.4 is 0 Å². The molecule has 4 heteroatoms. The highest BCUT2D eigenvalue weighted by Gasteiger charge is 2.22. The largest absolute Gasteiger partial charge is 0.458 e. The molecular formula is C11H18O4. The van der Waals surface area contributed by atoms with E-state index in [0.717, 1.165) is 0 Å². The van der Waals surface area contributed by atoms with Gasteiger partial charge in [0.1, 0.15) is 5.78 Å². The fourth-order valence-corrected chi connectivity index (χ4v) is 0.713. The van der Waals surface area contributed by atoms with Gasteiger partial charge in [0.15, 0.2) is 12.4 Å². The Kier molecular flexibility index (Phi) is 5.19. The number of Topliss-reactive ketones (excluding diaryl/α,β-unsaturated/α-hetero) is 2. The van der Waals surface area contributed by atoms with Crippen molar-refractivity contribution in [2.24, 2.45) is 5.41 Å². The Morgan fingerprint density at radius 3 is 2.00 bits per heavy atom. The van der Waals surface area contributed by atoms with Crippen LogP contribution in [0, 0.1) is 5.41 Å². The molecule has 0 radical (unpaired) electrons. The van der Waals surface area contributed by atoms with E-state index >= 15 is 0 Å². The van der Waals surface area contributed by atoms with Crippen LogP contribution in [0.5, 0.6) is 0 Å². The van der Waals surface area contributed by atoms with E-state index in [1.807, 2.05) is 0 Å². The van der Waals surface area contributed by atoms with Crippen LogP contribution in [0.4, 0.5) is 0 Å². The second-order valence-electron chi connectivity index (χ2n) is 4.54. The summed E-state index contributed by atoms with van der Waals surface area (Å²) < 4.78 is 4.74. The fourth-order valence-electron chi connectivity index (χ4n) is 0.713. The number of ether oxygens (including phenoxy) is 1. The van der Waals surface area contributed by atoms with E-state index in [2.05, 4.69) is 0 Å². The van der Waals surface area contributed by atoms with Crippen LogP contribution in [-0.4, -0.2) is 24.1 Å². The predicted molar refractivity (Wildman–Crippen MR) is 55.3 cm³/mol. The van der Waals surface area contributed by atoms with Crippen molar-refractivity contribution in [3.8, 4) is 0 Å². The second kappa shape index (κ2) is 5.63. The highest BCUT2D eigenvalue weighted by Crippen LogP contribution is 2.14. The number of rotatable bonds is 5. The zero-order valence-electron chi connectivity index (χ0n) is 9.75. The summed E-state index contributed by atoms with van der Waals surface area (Å²) in [4.78, 5) is 33.0. The second-order valence-corrected chi connectivity index (χ2v) is 4.54. The van der Waals surface area contributed by atoms with Gasteiger partial charge in [-0.15, -0.1) is 0 Å². The van der Waals surface area contributed by atoms with E-state index in [1.165, 1.54) is 6.92 Å². The summed E-state index contributed by atoms with van der Waals surface area (Å²) in [5.74, 6) is -0.685. The van der Waals surface area contributed by atoms with Crippen LogP contribution in [0.15, 0.2) is 0 Å². The van der Waals surface area contributed by atoms with Crippen LogP contribution in [0.3, 0.4) is 0 Å². The van der Waals surface area contributed by atoms with Crippen LogP contribution in [0.25, 0.3) is 0 Å². The molecule has 4 nitrogen and oxygen atoms in total. The van der Waals surface area contributed by atoms with Gasteiger partial charge in [0.05, 0.1) is 6.42 Å². The number of ketones is 2. The van der Waals surface area contributed by atoms with Gasteiger partial charge in [-0.3, -0.25) is 9.59 Å². The molecule has 0 aliphatic heterocycles. The topological polar surface area (TPSA) is 60.4 Å². The molecule has 0 amide bonds. The number of esters is 1. The summed E-state index contributed by atoms with van der Waals surface area (Å²) in [5, 5.41) is 0. The SMILES string of the molecule is CC(=O)CCC(=O)OCC(=O)C(C)(C)C. The Balaban J connectivity index is 3.82. The number of carbonyl (C=O) groups excluding carboxylic acids is 3. The molecule has 15 heavy (non-hydrogen) atoms. The highest BCUT2D eigenvalue weighted by atomic mass is 16.5. The normalized spacial score (nSPS) is 10.9. The van der Waals surface area contributed by atoms with E-state index in [4.69, 9.17) is 4.74 Å². The first kappa shape index (κ1) is 13.8. The van der Waals surface area contributed by atoms with Crippen LogP contribution in [0.2, 0.25) is 0 Å². The minimum atomic E-state index is -0.499. The molecule has 0 aromatic heterocycles. The average molecular weight is 214 g/mol. The molecule has 0 aromatic rings. The van der Waals surface area contributed by atoms with E-state index in [9.17, 15) is 14.4 Å². The van der Waals surface area contributed by atoms with Gasteiger partial charge in [-0.1, -0.05) is 20.8 Å². The average Bonchev–Trinajstić information content (AvgIpc) is 2.09. The first-order chi connectivity index (χ1) is 6.73. The molecule has 0 heterocycles. The molecule has 0 rings (SSSR count). The van der Waals surface area contributed by atoms with Crippen molar-refractivity contribution in [3.05, 3.63) is 0 Å². The predicted octanol–water partition coefficient (Wildman–Crippen LogP) is 1.51. The van der Waals surface area contributed by atoms with Crippen molar-refractivity contribution in [2.45, 2.75) is 40.5 Å². The zero-order chi connectivity index (χ0) is 12.1. The van der Waals surface area contributed by atoms with Gasteiger partial charge in [0.25, 0.3) is 0 Å². The summed E-state index contributed by atoms with van der Waals surface area (Å²) in [5.41, 5.74) is -0.499. The Labute approximate surface area is 90.0 Å². The summed E-state index contributed by atoms with van der Waals surface area (Å²) >= 11 is 0. The molecule has 0 atom stereocenters. The Hall–Kier alpha value is -1.19. The minimum absolute atomic E-state index is 0.0484. The lowest BCUT2D eigenvalue weighted by Crippen LogP contribution is -2.26. The first-order valence-corrected chi connectivity index (χ1v) is 4.92. The molecule has 0 spiro atoms. The molecule has 0 bridgehead atoms.